The molecule has 1 amide bonds. The summed E-state index contributed by atoms with van der Waals surface area (Å²) in [5, 5.41) is 0.714. The molecule has 27 heavy (non-hydrogen) atoms. The topological polar surface area (TPSA) is 23.6 Å². The normalized spacial score (nSPS) is 15.7. The third-order valence-electron chi connectivity index (χ3n) is 5.21. The minimum atomic E-state index is 0.0663. The van der Waals surface area contributed by atoms with Crippen LogP contribution in [0, 0.1) is 5.92 Å². The van der Waals surface area contributed by atoms with Gasteiger partial charge >= 0.3 is 0 Å². The molecular weight excluding hydrogens is 424 g/mol. The molecule has 1 aliphatic rings. The first-order valence-electron chi connectivity index (χ1n) is 9.53. The lowest BCUT2D eigenvalue weighted by Crippen LogP contribution is -2.41. The molecule has 1 aliphatic heterocycles. The highest BCUT2D eigenvalue weighted by atomic mass is 79.9. The lowest BCUT2D eigenvalue weighted by atomic mass is 9.99. The summed E-state index contributed by atoms with van der Waals surface area (Å²) < 4.78 is 0.921. The highest BCUT2D eigenvalue weighted by Crippen LogP contribution is 2.18. The van der Waals surface area contributed by atoms with E-state index < -0.39 is 0 Å². The van der Waals surface area contributed by atoms with Crippen molar-refractivity contribution >= 4 is 33.4 Å². The molecule has 0 unspecified atom stereocenters. The molecule has 2 aromatic rings. The summed E-state index contributed by atoms with van der Waals surface area (Å²) in [4.78, 5) is 17.6. The van der Waals surface area contributed by atoms with Gasteiger partial charge in [0.25, 0.3) is 5.91 Å². The zero-order chi connectivity index (χ0) is 19.2. The van der Waals surface area contributed by atoms with Crippen molar-refractivity contribution in [3.8, 4) is 0 Å². The van der Waals surface area contributed by atoms with Crippen LogP contribution in [-0.4, -0.2) is 41.9 Å². The Labute approximate surface area is 175 Å². The number of piperidine rings is 1. The van der Waals surface area contributed by atoms with Crippen LogP contribution in [-0.2, 0) is 6.54 Å². The van der Waals surface area contributed by atoms with Gasteiger partial charge in [0.15, 0.2) is 0 Å². The smallest absolute Gasteiger partial charge is 0.254 e. The minimum absolute atomic E-state index is 0.0663. The summed E-state index contributed by atoms with van der Waals surface area (Å²) in [7, 11) is 0. The molecule has 5 heteroatoms. The van der Waals surface area contributed by atoms with Gasteiger partial charge in [-0.05, 0) is 67.7 Å². The number of benzene rings is 2. The van der Waals surface area contributed by atoms with Crippen molar-refractivity contribution in [1.29, 1.82) is 0 Å². The van der Waals surface area contributed by atoms with E-state index in [4.69, 9.17) is 11.6 Å². The summed E-state index contributed by atoms with van der Waals surface area (Å²) in [5.74, 6) is 0.881. The predicted molar refractivity (Wildman–Crippen MR) is 115 cm³/mol. The number of nitrogens with zero attached hydrogens (tertiary/aromatic N) is 2. The number of amides is 1. The number of halogens is 2. The molecule has 1 fully saturated rings. The second-order valence-electron chi connectivity index (χ2n) is 7.39. The average molecular weight is 450 g/mol. The molecule has 0 spiro atoms. The van der Waals surface area contributed by atoms with E-state index in [1.807, 2.05) is 53.4 Å². The fourth-order valence-electron chi connectivity index (χ4n) is 3.41. The molecule has 0 atom stereocenters. The first-order chi connectivity index (χ1) is 13.0. The fourth-order valence-corrected chi connectivity index (χ4v) is 3.94. The van der Waals surface area contributed by atoms with Crippen LogP contribution in [0.15, 0.2) is 53.0 Å². The summed E-state index contributed by atoms with van der Waals surface area (Å²) in [5.41, 5.74) is 1.81. The van der Waals surface area contributed by atoms with E-state index in [9.17, 15) is 4.79 Å². The van der Waals surface area contributed by atoms with E-state index in [2.05, 4.69) is 27.8 Å². The fraction of sp³-hybridized carbons (Fsp3) is 0.409. The molecule has 0 saturated carbocycles. The Kier molecular flexibility index (Phi) is 7.33. The maximum Gasteiger partial charge on any atom is 0.254 e. The van der Waals surface area contributed by atoms with Crippen LogP contribution < -0.4 is 0 Å². The third-order valence-corrected chi connectivity index (χ3v) is 5.95. The zero-order valence-corrected chi connectivity index (χ0v) is 18.0. The Morgan fingerprint density at radius 1 is 1.19 bits per heavy atom. The van der Waals surface area contributed by atoms with Gasteiger partial charge in [-0.2, -0.15) is 0 Å². The molecule has 1 saturated heterocycles. The quantitative estimate of drug-likeness (QED) is 0.583. The molecule has 0 N–H and O–H groups in total. The molecular formula is C22H26BrClN2O. The van der Waals surface area contributed by atoms with Crippen LogP contribution in [0.2, 0.25) is 5.02 Å². The molecule has 0 radical (unpaired) electrons. The van der Waals surface area contributed by atoms with Gasteiger partial charge in [0.05, 0.1) is 0 Å². The van der Waals surface area contributed by atoms with Gasteiger partial charge in [0.2, 0.25) is 0 Å². The van der Waals surface area contributed by atoms with Gasteiger partial charge in [0, 0.05) is 34.7 Å². The van der Waals surface area contributed by atoms with Crippen molar-refractivity contribution in [1.82, 2.24) is 9.80 Å². The molecule has 2 aromatic carbocycles. The number of carbonyl (C=O) groups excluding carboxylic acids is 1. The van der Waals surface area contributed by atoms with Crippen LogP contribution in [0.5, 0.6) is 0 Å². The minimum Gasteiger partial charge on any atom is -0.333 e. The second kappa shape index (κ2) is 9.72. The largest absolute Gasteiger partial charge is 0.333 e. The maximum absolute atomic E-state index is 13.2. The van der Waals surface area contributed by atoms with Crippen molar-refractivity contribution in [2.45, 2.75) is 26.3 Å². The number of hydrogen-bond donors (Lipinski definition) is 0. The number of likely N-dealkylation sites (tertiary alicyclic amines) is 1. The van der Waals surface area contributed by atoms with E-state index in [0.717, 1.165) is 42.1 Å². The van der Waals surface area contributed by atoms with Gasteiger partial charge < -0.3 is 9.80 Å². The summed E-state index contributed by atoms with van der Waals surface area (Å²) in [6.07, 6.45) is 2.49. The van der Waals surface area contributed by atoms with Gasteiger partial charge in [-0.25, -0.2) is 0 Å². The van der Waals surface area contributed by atoms with E-state index >= 15 is 0 Å². The number of carbonyl (C=O) groups is 1. The van der Waals surface area contributed by atoms with E-state index in [0.29, 0.717) is 17.1 Å². The Bertz CT molecular complexity index is 757. The molecule has 144 valence electrons. The molecule has 3 nitrogen and oxygen atoms in total. The second-order valence-corrected chi connectivity index (χ2v) is 8.74. The summed E-state index contributed by atoms with van der Waals surface area (Å²) in [6.45, 7) is 6.80. The molecule has 0 aromatic heterocycles. The van der Waals surface area contributed by atoms with E-state index in [1.165, 1.54) is 12.8 Å². The van der Waals surface area contributed by atoms with Crippen LogP contribution >= 0.6 is 27.5 Å². The average Bonchev–Trinajstić information content (AvgIpc) is 2.67. The first kappa shape index (κ1) is 20.4. The Balaban J connectivity index is 1.71. The van der Waals surface area contributed by atoms with Crippen LogP contribution in [0.1, 0.15) is 35.7 Å². The van der Waals surface area contributed by atoms with E-state index in [1.54, 1.807) is 0 Å². The van der Waals surface area contributed by atoms with Gasteiger partial charge in [0.1, 0.15) is 0 Å². The van der Waals surface area contributed by atoms with E-state index in [-0.39, 0.29) is 5.91 Å². The lowest BCUT2D eigenvalue weighted by molar-refractivity contribution is 0.0709. The van der Waals surface area contributed by atoms with Crippen molar-refractivity contribution < 1.29 is 4.79 Å². The van der Waals surface area contributed by atoms with Gasteiger partial charge in [-0.3, -0.25) is 4.79 Å². The van der Waals surface area contributed by atoms with Crippen molar-refractivity contribution in [3.63, 3.8) is 0 Å². The monoisotopic (exact) mass is 448 g/mol. The lowest BCUT2D eigenvalue weighted by Gasteiger charge is -2.32. The highest BCUT2D eigenvalue weighted by molar-refractivity contribution is 9.10. The summed E-state index contributed by atoms with van der Waals surface area (Å²) >= 11 is 9.47. The van der Waals surface area contributed by atoms with Crippen molar-refractivity contribution in [3.05, 3.63) is 69.2 Å². The van der Waals surface area contributed by atoms with Crippen LogP contribution in [0.25, 0.3) is 0 Å². The first-order valence-corrected chi connectivity index (χ1v) is 10.7. The van der Waals surface area contributed by atoms with Gasteiger partial charge in [-0.1, -0.05) is 52.7 Å². The number of rotatable bonds is 6. The van der Waals surface area contributed by atoms with Gasteiger partial charge in [-0.15, -0.1) is 0 Å². The standard InChI is InChI=1S/C22H26BrClN2O/c1-17-9-11-25(12-10-17)13-14-26(16-18-5-7-21(24)8-6-18)22(27)19-3-2-4-20(23)15-19/h2-8,15,17H,9-14,16H2,1H3. The highest BCUT2D eigenvalue weighted by Gasteiger charge is 2.20. The Morgan fingerprint density at radius 3 is 2.56 bits per heavy atom. The SMILES string of the molecule is CC1CCN(CCN(Cc2ccc(Cl)cc2)C(=O)c2cccc(Br)c2)CC1. The summed E-state index contributed by atoms with van der Waals surface area (Å²) in [6, 6.07) is 15.4. The molecule has 3 rings (SSSR count). The predicted octanol–water partition coefficient (Wildman–Crippen LogP) is 5.48. The molecule has 0 bridgehead atoms. The molecule has 0 aliphatic carbocycles. The van der Waals surface area contributed by atoms with Crippen LogP contribution in [0.3, 0.4) is 0 Å². The van der Waals surface area contributed by atoms with Crippen molar-refractivity contribution in [2.24, 2.45) is 5.92 Å². The maximum atomic E-state index is 13.2. The number of hydrogen-bond acceptors (Lipinski definition) is 2. The zero-order valence-electron chi connectivity index (χ0n) is 15.7. The molecule has 1 heterocycles. The third kappa shape index (κ3) is 6.06. The van der Waals surface area contributed by atoms with Crippen molar-refractivity contribution in [2.75, 3.05) is 26.2 Å². The Morgan fingerprint density at radius 2 is 1.89 bits per heavy atom. The Hall–Kier alpha value is -1.36. The van der Waals surface area contributed by atoms with Crippen LogP contribution in [0.4, 0.5) is 0 Å².